The largest absolute Gasteiger partial charge is 0.467 e. The quantitative estimate of drug-likeness (QED) is 0.202. The van der Waals surface area contributed by atoms with Gasteiger partial charge in [-0.15, -0.1) is 24.0 Å². The first kappa shape index (κ1) is 24.5. The van der Waals surface area contributed by atoms with Crippen molar-refractivity contribution in [2.45, 2.75) is 26.0 Å². The van der Waals surface area contributed by atoms with Crippen LogP contribution in [0.4, 0.5) is 0 Å². The number of rotatable bonds is 12. The van der Waals surface area contributed by atoms with Gasteiger partial charge in [0.05, 0.1) is 6.26 Å². The molecule has 28 heavy (non-hydrogen) atoms. The highest BCUT2D eigenvalue weighted by molar-refractivity contribution is 14.0. The summed E-state index contributed by atoms with van der Waals surface area (Å²) in [6.07, 6.45) is 3.65. The smallest absolute Gasteiger partial charge is 0.190 e. The molecule has 0 amide bonds. The molecule has 1 aromatic carbocycles. The van der Waals surface area contributed by atoms with E-state index < -0.39 is 0 Å². The molecule has 156 valence electrons. The lowest BCUT2D eigenvalue weighted by molar-refractivity contribution is 0.105. The fourth-order valence-corrected chi connectivity index (χ4v) is 2.70. The van der Waals surface area contributed by atoms with Crippen molar-refractivity contribution in [1.82, 2.24) is 15.5 Å². The number of benzene rings is 1. The van der Waals surface area contributed by atoms with Crippen LogP contribution in [0.25, 0.3) is 0 Å². The summed E-state index contributed by atoms with van der Waals surface area (Å²) >= 11 is 0. The van der Waals surface area contributed by atoms with Gasteiger partial charge in [-0.2, -0.15) is 0 Å². The zero-order valence-corrected chi connectivity index (χ0v) is 19.2. The monoisotopic (exact) mass is 500 g/mol. The summed E-state index contributed by atoms with van der Waals surface area (Å²) in [6, 6.07) is 14.3. The lowest BCUT2D eigenvalue weighted by atomic mass is 10.2. The van der Waals surface area contributed by atoms with Gasteiger partial charge in [-0.3, -0.25) is 4.99 Å². The van der Waals surface area contributed by atoms with E-state index in [4.69, 9.17) is 9.15 Å². The van der Waals surface area contributed by atoms with E-state index in [1.807, 2.05) is 12.1 Å². The Morgan fingerprint density at radius 1 is 1.07 bits per heavy atom. The first-order valence-corrected chi connectivity index (χ1v) is 9.55. The third kappa shape index (κ3) is 10.7. The van der Waals surface area contributed by atoms with E-state index in [-0.39, 0.29) is 24.0 Å². The highest BCUT2D eigenvalue weighted by atomic mass is 127. The first-order chi connectivity index (χ1) is 13.3. The number of nitrogens with one attached hydrogen (secondary N) is 2. The van der Waals surface area contributed by atoms with Crippen LogP contribution >= 0.6 is 24.0 Å². The van der Waals surface area contributed by atoms with Crippen molar-refractivity contribution in [1.29, 1.82) is 0 Å². The number of hydrogen-bond donors (Lipinski definition) is 2. The minimum atomic E-state index is 0. The van der Waals surface area contributed by atoms with Crippen molar-refractivity contribution >= 4 is 29.9 Å². The van der Waals surface area contributed by atoms with E-state index in [1.165, 1.54) is 5.56 Å². The van der Waals surface area contributed by atoms with Crippen LogP contribution in [0.3, 0.4) is 0 Å². The van der Waals surface area contributed by atoms with Gasteiger partial charge in [0.25, 0.3) is 0 Å². The van der Waals surface area contributed by atoms with Crippen molar-refractivity contribution in [2.24, 2.45) is 4.99 Å². The lowest BCUT2D eigenvalue weighted by Crippen LogP contribution is -2.39. The second-order valence-electron chi connectivity index (χ2n) is 6.49. The second kappa shape index (κ2) is 15.4. The summed E-state index contributed by atoms with van der Waals surface area (Å²) in [5.41, 5.74) is 1.35. The van der Waals surface area contributed by atoms with Crippen LogP contribution in [0.15, 0.2) is 58.1 Å². The van der Waals surface area contributed by atoms with E-state index >= 15 is 0 Å². The Morgan fingerprint density at radius 2 is 1.82 bits per heavy atom. The Labute approximate surface area is 185 Å². The minimum absolute atomic E-state index is 0. The molecule has 0 aliphatic rings. The Kier molecular flexibility index (Phi) is 13.4. The van der Waals surface area contributed by atoms with Gasteiger partial charge in [0.2, 0.25) is 0 Å². The maximum Gasteiger partial charge on any atom is 0.190 e. The van der Waals surface area contributed by atoms with Crippen molar-refractivity contribution in [3.05, 3.63) is 60.1 Å². The number of ether oxygens (including phenoxy) is 1. The lowest BCUT2D eigenvalue weighted by Gasteiger charge is -2.17. The van der Waals surface area contributed by atoms with E-state index in [2.05, 4.69) is 57.9 Å². The Balaban J connectivity index is 0.00000392. The minimum Gasteiger partial charge on any atom is -0.467 e. The van der Waals surface area contributed by atoms with Crippen LogP contribution in [-0.2, 0) is 17.9 Å². The maximum atomic E-state index is 5.57. The summed E-state index contributed by atoms with van der Waals surface area (Å²) in [4.78, 5) is 6.59. The number of hydrogen-bond acceptors (Lipinski definition) is 4. The fraction of sp³-hybridized carbons (Fsp3) is 0.476. The molecule has 1 heterocycles. The van der Waals surface area contributed by atoms with Gasteiger partial charge in [0.1, 0.15) is 12.4 Å². The summed E-state index contributed by atoms with van der Waals surface area (Å²) in [5.74, 6) is 1.70. The highest BCUT2D eigenvalue weighted by Crippen LogP contribution is 2.03. The number of guanidine groups is 1. The number of nitrogens with zero attached hydrogens (tertiary/aromatic N) is 2. The molecular formula is C21H33IN4O2. The zero-order chi connectivity index (χ0) is 19.2. The molecule has 2 aromatic rings. The van der Waals surface area contributed by atoms with E-state index in [9.17, 15) is 0 Å². The normalized spacial score (nSPS) is 11.3. The third-order valence-corrected chi connectivity index (χ3v) is 4.11. The molecular weight excluding hydrogens is 467 g/mol. The molecule has 0 saturated carbocycles. The molecule has 0 saturated heterocycles. The molecule has 2 N–H and O–H groups in total. The third-order valence-electron chi connectivity index (χ3n) is 4.11. The van der Waals surface area contributed by atoms with Gasteiger partial charge in [-0.05, 0) is 44.1 Å². The second-order valence-corrected chi connectivity index (χ2v) is 6.49. The molecule has 0 bridgehead atoms. The van der Waals surface area contributed by atoms with E-state index in [0.29, 0.717) is 13.2 Å². The molecule has 6 nitrogen and oxygen atoms in total. The standard InChI is InChI=1S/C21H32N4O2.HI/c1-22-21(24-13-8-15-26-18-20-11-6-16-27-20)23-12-7-14-25(2)17-19-9-4-3-5-10-19;/h3-6,9-11,16H,7-8,12-15,17-18H2,1-2H3,(H2,22,23,24);1H. The van der Waals surface area contributed by atoms with Crippen LogP contribution in [0.1, 0.15) is 24.2 Å². The molecule has 0 aliphatic carbocycles. The van der Waals surface area contributed by atoms with Gasteiger partial charge in [-0.25, -0.2) is 0 Å². The maximum absolute atomic E-state index is 5.57. The van der Waals surface area contributed by atoms with Crippen molar-refractivity contribution < 1.29 is 9.15 Å². The Bertz CT molecular complexity index is 635. The fourth-order valence-electron chi connectivity index (χ4n) is 2.70. The van der Waals surface area contributed by atoms with Crippen LogP contribution in [0.5, 0.6) is 0 Å². The van der Waals surface area contributed by atoms with Crippen molar-refractivity contribution in [3.8, 4) is 0 Å². The first-order valence-electron chi connectivity index (χ1n) is 9.55. The Morgan fingerprint density at radius 3 is 2.50 bits per heavy atom. The van der Waals surface area contributed by atoms with Crippen LogP contribution in [0.2, 0.25) is 0 Å². The Hall–Kier alpha value is -1.58. The zero-order valence-electron chi connectivity index (χ0n) is 16.9. The molecule has 0 spiro atoms. The van der Waals surface area contributed by atoms with Gasteiger partial charge in [0.15, 0.2) is 5.96 Å². The average Bonchev–Trinajstić information content (AvgIpc) is 3.20. The van der Waals surface area contributed by atoms with Crippen LogP contribution in [-0.4, -0.2) is 51.2 Å². The van der Waals surface area contributed by atoms with Crippen molar-refractivity contribution in [3.63, 3.8) is 0 Å². The van der Waals surface area contributed by atoms with Gasteiger partial charge >= 0.3 is 0 Å². The molecule has 0 atom stereocenters. The van der Waals surface area contributed by atoms with E-state index in [0.717, 1.165) is 50.7 Å². The SMILES string of the molecule is CN=C(NCCCOCc1ccco1)NCCCN(C)Cc1ccccc1.I. The van der Waals surface area contributed by atoms with E-state index in [1.54, 1.807) is 13.3 Å². The van der Waals surface area contributed by atoms with Crippen LogP contribution in [0, 0.1) is 0 Å². The number of furan rings is 1. The topological polar surface area (TPSA) is 62.0 Å². The number of halogens is 1. The predicted molar refractivity (Wildman–Crippen MR) is 125 cm³/mol. The summed E-state index contributed by atoms with van der Waals surface area (Å²) in [6.45, 7) is 4.95. The van der Waals surface area contributed by atoms with Crippen LogP contribution < -0.4 is 10.6 Å². The van der Waals surface area contributed by atoms with Gasteiger partial charge in [-0.1, -0.05) is 30.3 Å². The van der Waals surface area contributed by atoms with Gasteiger partial charge in [0, 0.05) is 33.3 Å². The molecule has 0 aliphatic heterocycles. The predicted octanol–water partition coefficient (Wildman–Crippen LogP) is 3.49. The van der Waals surface area contributed by atoms with Gasteiger partial charge < -0.3 is 24.7 Å². The summed E-state index contributed by atoms with van der Waals surface area (Å²) < 4.78 is 10.8. The number of aliphatic imine (C=N–C) groups is 1. The molecule has 0 unspecified atom stereocenters. The molecule has 2 rings (SSSR count). The highest BCUT2D eigenvalue weighted by Gasteiger charge is 2.01. The summed E-state index contributed by atoms with van der Waals surface area (Å²) in [7, 11) is 3.95. The molecule has 1 aromatic heterocycles. The molecule has 7 heteroatoms. The van der Waals surface area contributed by atoms with Crippen molar-refractivity contribution in [2.75, 3.05) is 40.3 Å². The molecule has 0 radical (unpaired) electrons. The summed E-state index contributed by atoms with van der Waals surface area (Å²) in [5, 5.41) is 6.67. The average molecular weight is 500 g/mol. The molecule has 0 fully saturated rings.